The molecular formula is C21H22N2O7. The molecule has 1 aromatic heterocycles. The SMILES string of the molecule is COC(=O)CCC(NC(=O)Nc1cc2c(cc1OC)oc1ccccc12)C(=O)OC. The molecule has 2 amide bonds. The second-order valence-corrected chi connectivity index (χ2v) is 6.44. The number of amides is 2. The fraction of sp³-hybridized carbons (Fsp3) is 0.286. The third-order valence-corrected chi connectivity index (χ3v) is 4.60. The monoisotopic (exact) mass is 414 g/mol. The molecule has 1 heterocycles. The number of carbonyl (C=O) groups is 3. The number of carbonyl (C=O) groups excluding carboxylic acids is 3. The van der Waals surface area contributed by atoms with Crippen LogP contribution in [0.2, 0.25) is 0 Å². The number of furan rings is 1. The largest absolute Gasteiger partial charge is 0.494 e. The van der Waals surface area contributed by atoms with E-state index >= 15 is 0 Å². The molecule has 2 aromatic carbocycles. The van der Waals surface area contributed by atoms with Gasteiger partial charge in [0.25, 0.3) is 0 Å². The predicted octanol–water partition coefficient (Wildman–Crippen LogP) is 3.21. The van der Waals surface area contributed by atoms with Crippen LogP contribution in [0.3, 0.4) is 0 Å². The van der Waals surface area contributed by atoms with Crippen molar-refractivity contribution in [2.45, 2.75) is 18.9 Å². The lowest BCUT2D eigenvalue weighted by Gasteiger charge is -2.17. The Balaban J connectivity index is 1.82. The third kappa shape index (κ3) is 4.45. The van der Waals surface area contributed by atoms with E-state index < -0.39 is 24.0 Å². The van der Waals surface area contributed by atoms with Crippen molar-refractivity contribution in [3.63, 3.8) is 0 Å². The summed E-state index contributed by atoms with van der Waals surface area (Å²) >= 11 is 0. The molecule has 0 bridgehead atoms. The molecule has 3 aromatic rings. The van der Waals surface area contributed by atoms with Gasteiger partial charge in [-0.15, -0.1) is 0 Å². The number of benzene rings is 2. The van der Waals surface area contributed by atoms with E-state index in [0.29, 0.717) is 22.6 Å². The molecule has 0 saturated heterocycles. The van der Waals surface area contributed by atoms with E-state index in [4.69, 9.17) is 13.9 Å². The zero-order valence-corrected chi connectivity index (χ0v) is 16.8. The second kappa shape index (κ2) is 9.17. The van der Waals surface area contributed by atoms with E-state index in [9.17, 15) is 14.4 Å². The van der Waals surface area contributed by atoms with Crippen molar-refractivity contribution < 1.29 is 33.0 Å². The zero-order chi connectivity index (χ0) is 21.7. The van der Waals surface area contributed by atoms with E-state index in [1.54, 1.807) is 12.1 Å². The average Bonchev–Trinajstić information content (AvgIpc) is 3.12. The molecule has 0 radical (unpaired) electrons. The normalized spacial score (nSPS) is 11.7. The van der Waals surface area contributed by atoms with Gasteiger partial charge in [-0.05, 0) is 18.6 Å². The molecule has 0 aliphatic carbocycles. The van der Waals surface area contributed by atoms with E-state index in [0.717, 1.165) is 10.8 Å². The Labute approximate surface area is 172 Å². The lowest BCUT2D eigenvalue weighted by atomic mass is 10.1. The third-order valence-electron chi connectivity index (χ3n) is 4.60. The highest BCUT2D eigenvalue weighted by atomic mass is 16.5. The fourth-order valence-electron chi connectivity index (χ4n) is 3.09. The first-order valence-corrected chi connectivity index (χ1v) is 9.18. The molecule has 9 nitrogen and oxygen atoms in total. The van der Waals surface area contributed by atoms with Crippen LogP contribution in [0.1, 0.15) is 12.8 Å². The van der Waals surface area contributed by atoms with Crippen LogP contribution in [-0.4, -0.2) is 45.3 Å². The van der Waals surface area contributed by atoms with Crippen molar-refractivity contribution in [1.82, 2.24) is 5.32 Å². The average molecular weight is 414 g/mol. The minimum absolute atomic E-state index is 0.0370. The van der Waals surface area contributed by atoms with Gasteiger partial charge in [0, 0.05) is 23.3 Å². The smallest absolute Gasteiger partial charge is 0.328 e. The van der Waals surface area contributed by atoms with Crippen LogP contribution in [0.5, 0.6) is 5.75 Å². The van der Waals surface area contributed by atoms with E-state index in [2.05, 4.69) is 15.4 Å². The first kappa shape index (κ1) is 21.0. The standard InChI is InChI=1S/C21H22N2O7/c1-27-18-11-17-13(12-6-4-5-7-16(12)30-17)10-15(18)23-21(26)22-14(20(25)29-3)8-9-19(24)28-2/h4-7,10-11,14H,8-9H2,1-3H3,(H2,22,23,26). The quantitative estimate of drug-likeness (QED) is 0.570. The van der Waals surface area contributed by atoms with Crippen molar-refractivity contribution in [3.8, 4) is 5.75 Å². The number of hydrogen-bond acceptors (Lipinski definition) is 7. The predicted molar refractivity (Wildman–Crippen MR) is 109 cm³/mol. The maximum atomic E-state index is 12.5. The van der Waals surface area contributed by atoms with Crippen molar-refractivity contribution in [2.75, 3.05) is 26.6 Å². The Bertz CT molecular complexity index is 1090. The Hall–Kier alpha value is -3.75. The van der Waals surface area contributed by atoms with Gasteiger partial charge >= 0.3 is 18.0 Å². The van der Waals surface area contributed by atoms with Crippen LogP contribution in [0.4, 0.5) is 10.5 Å². The van der Waals surface area contributed by atoms with Crippen molar-refractivity contribution in [2.24, 2.45) is 0 Å². The van der Waals surface area contributed by atoms with Crippen LogP contribution in [0.25, 0.3) is 21.9 Å². The first-order valence-electron chi connectivity index (χ1n) is 9.18. The van der Waals surface area contributed by atoms with Gasteiger partial charge in [-0.1, -0.05) is 18.2 Å². The molecule has 1 unspecified atom stereocenters. The van der Waals surface area contributed by atoms with Gasteiger partial charge in [0.05, 0.1) is 27.0 Å². The van der Waals surface area contributed by atoms with Gasteiger partial charge in [-0.2, -0.15) is 0 Å². The van der Waals surface area contributed by atoms with Crippen molar-refractivity contribution in [1.29, 1.82) is 0 Å². The van der Waals surface area contributed by atoms with Crippen LogP contribution < -0.4 is 15.4 Å². The molecule has 1 atom stereocenters. The summed E-state index contributed by atoms with van der Waals surface area (Å²) in [5, 5.41) is 6.89. The molecular weight excluding hydrogens is 392 g/mol. The molecule has 0 saturated carbocycles. The Morgan fingerprint density at radius 1 is 1.00 bits per heavy atom. The maximum Gasteiger partial charge on any atom is 0.328 e. The minimum atomic E-state index is -1.02. The highest BCUT2D eigenvalue weighted by molar-refractivity contribution is 6.08. The minimum Gasteiger partial charge on any atom is -0.494 e. The summed E-state index contributed by atoms with van der Waals surface area (Å²) in [6, 6.07) is 9.28. The number of rotatable bonds is 7. The lowest BCUT2D eigenvalue weighted by molar-refractivity contribution is -0.144. The van der Waals surface area contributed by atoms with Crippen molar-refractivity contribution >= 4 is 45.6 Å². The molecule has 2 N–H and O–H groups in total. The molecule has 9 heteroatoms. The van der Waals surface area contributed by atoms with Gasteiger partial charge in [0.1, 0.15) is 23.0 Å². The molecule has 30 heavy (non-hydrogen) atoms. The summed E-state index contributed by atoms with van der Waals surface area (Å²) in [5.41, 5.74) is 1.72. The van der Waals surface area contributed by atoms with Gasteiger partial charge in [0.15, 0.2) is 0 Å². The molecule has 0 aliphatic heterocycles. The summed E-state index contributed by atoms with van der Waals surface area (Å²) in [6.07, 6.45) is -0.0118. The first-order chi connectivity index (χ1) is 14.5. The van der Waals surface area contributed by atoms with E-state index in [1.807, 2.05) is 24.3 Å². The van der Waals surface area contributed by atoms with Gasteiger partial charge in [-0.3, -0.25) is 4.79 Å². The van der Waals surface area contributed by atoms with E-state index in [-0.39, 0.29) is 12.8 Å². The Morgan fingerprint density at radius 2 is 1.77 bits per heavy atom. The highest BCUT2D eigenvalue weighted by Crippen LogP contribution is 2.36. The molecule has 0 spiro atoms. The zero-order valence-electron chi connectivity index (χ0n) is 16.8. The number of fused-ring (bicyclic) bond motifs is 3. The Kier molecular flexibility index (Phi) is 6.41. The number of para-hydroxylation sites is 1. The number of anilines is 1. The van der Waals surface area contributed by atoms with Gasteiger partial charge in [0.2, 0.25) is 0 Å². The number of hydrogen-bond donors (Lipinski definition) is 2. The summed E-state index contributed by atoms with van der Waals surface area (Å²) in [7, 11) is 3.92. The lowest BCUT2D eigenvalue weighted by Crippen LogP contribution is -2.44. The van der Waals surface area contributed by atoms with Crippen molar-refractivity contribution in [3.05, 3.63) is 36.4 Å². The number of methoxy groups -OCH3 is 3. The summed E-state index contributed by atoms with van der Waals surface area (Å²) in [6.45, 7) is 0. The highest BCUT2D eigenvalue weighted by Gasteiger charge is 2.23. The van der Waals surface area contributed by atoms with E-state index in [1.165, 1.54) is 21.3 Å². The molecule has 158 valence electrons. The number of esters is 2. The summed E-state index contributed by atoms with van der Waals surface area (Å²) in [4.78, 5) is 35.9. The van der Waals surface area contributed by atoms with Gasteiger partial charge in [-0.25, -0.2) is 9.59 Å². The van der Waals surface area contributed by atoms with Crippen LogP contribution in [0, 0.1) is 0 Å². The van der Waals surface area contributed by atoms with Gasteiger partial charge < -0.3 is 29.3 Å². The summed E-state index contributed by atoms with van der Waals surface area (Å²) < 4.78 is 20.4. The second-order valence-electron chi connectivity index (χ2n) is 6.44. The number of urea groups is 1. The molecule has 0 fully saturated rings. The molecule has 0 aliphatic rings. The Morgan fingerprint density at radius 3 is 2.47 bits per heavy atom. The number of nitrogens with one attached hydrogen (secondary N) is 2. The molecule has 3 rings (SSSR count). The van der Waals surface area contributed by atoms with Crippen LogP contribution in [-0.2, 0) is 19.1 Å². The number of ether oxygens (including phenoxy) is 3. The van der Waals surface area contributed by atoms with Crippen LogP contribution >= 0.6 is 0 Å². The summed E-state index contributed by atoms with van der Waals surface area (Å²) in [5.74, 6) is -0.775. The topological polar surface area (TPSA) is 116 Å². The van der Waals surface area contributed by atoms with Crippen LogP contribution in [0.15, 0.2) is 40.8 Å². The fourth-order valence-corrected chi connectivity index (χ4v) is 3.09. The maximum absolute atomic E-state index is 12.5.